The molecular weight excluding hydrogens is 278 g/mol. The second-order valence-corrected chi connectivity index (χ2v) is 5.29. The highest BCUT2D eigenvalue weighted by Crippen LogP contribution is 2.32. The molecule has 0 radical (unpaired) electrons. The Morgan fingerprint density at radius 1 is 1.18 bits per heavy atom. The normalized spacial score (nSPS) is 16.5. The van der Waals surface area contributed by atoms with E-state index in [2.05, 4.69) is 5.48 Å². The summed E-state index contributed by atoms with van der Waals surface area (Å²) in [6, 6.07) is 15.9. The van der Waals surface area contributed by atoms with Crippen molar-refractivity contribution >= 4 is 6.08 Å². The number of benzene rings is 2. The van der Waals surface area contributed by atoms with Gasteiger partial charge in [-0.3, -0.25) is 0 Å². The van der Waals surface area contributed by atoms with E-state index in [-0.39, 0.29) is 6.10 Å². The van der Waals surface area contributed by atoms with Crippen LogP contribution in [0, 0.1) is 0 Å². The maximum atomic E-state index is 8.88. The van der Waals surface area contributed by atoms with Crippen molar-refractivity contribution in [2.75, 3.05) is 6.54 Å². The van der Waals surface area contributed by atoms with E-state index in [0.29, 0.717) is 13.2 Å². The van der Waals surface area contributed by atoms with Crippen molar-refractivity contribution in [1.82, 2.24) is 5.48 Å². The molecule has 0 amide bonds. The van der Waals surface area contributed by atoms with Gasteiger partial charge in [0.2, 0.25) is 0 Å². The van der Waals surface area contributed by atoms with Gasteiger partial charge in [0, 0.05) is 12.1 Å². The Balaban J connectivity index is 1.75. The topological polar surface area (TPSA) is 50.7 Å². The largest absolute Gasteiger partial charge is 0.489 e. The zero-order valence-corrected chi connectivity index (χ0v) is 12.5. The van der Waals surface area contributed by atoms with Crippen LogP contribution >= 0.6 is 0 Å². The van der Waals surface area contributed by atoms with E-state index >= 15 is 0 Å². The van der Waals surface area contributed by atoms with Crippen molar-refractivity contribution in [1.29, 1.82) is 0 Å². The highest BCUT2D eigenvalue weighted by molar-refractivity contribution is 5.65. The summed E-state index contributed by atoms with van der Waals surface area (Å²) in [5.74, 6) is 1.63. The van der Waals surface area contributed by atoms with Crippen LogP contribution in [0.3, 0.4) is 0 Å². The molecule has 2 aromatic carbocycles. The average Bonchev–Trinajstić information content (AvgIpc) is 2.55. The predicted octanol–water partition coefficient (Wildman–Crippen LogP) is 3.41. The molecule has 1 heterocycles. The van der Waals surface area contributed by atoms with Gasteiger partial charge in [0.25, 0.3) is 0 Å². The number of fused-ring (bicyclic) bond motifs is 1. The molecular formula is C18H19NO3. The molecule has 2 N–H and O–H groups in total. The van der Waals surface area contributed by atoms with Crippen LogP contribution in [0.5, 0.6) is 11.5 Å². The Labute approximate surface area is 130 Å². The van der Waals surface area contributed by atoms with E-state index < -0.39 is 0 Å². The van der Waals surface area contributed by atoms with Gasteiger partial charge in [-0.05, 0) is 42.3 Å². The fraction of sp³-hybridized carbons (Fsp3) is 0.222. The molecule has 0 bridgehead atoms. The molecule has 0 fully saturated rings. The Morgan fingerprint density at radius 3 is 2.77 bits per heavy atom. The summed E-state index contributed by atoms with van der Waals surface area (Å²) in [6.07, 6.45) is 1.98. The molecule has 1 unspecified atom stereocenters. The fourth-order valence-corrected chi connectivity index (χ4v) is 2.45. The van der Waals surface area contributed by atoms with Crippen LogP contribution < -0.4 is 15.0 Å². The third-order valence-corrected chi connectivity index (χ3v) is 3.68. The molecule has 4 nitrogen and oxygen atoms in total. The highest BCUT2D eigenvalue weighted by Gasteiger charge is 2.18. The molecule has 1 aliphatic heterocycles. The van der Waals surface area contributed by atoms with Crippen molar-refractivity contribution in [3.63, 3.8) is 0 Å². The lowest BCUT2D eigenvalue weighted by molar-refractivity contribution is 0.164. The lowest BCUT2D eigenvalue weighted by Gasteiger charge is -2.24. The molecule has 2 aromatic rings. The van der Waals surface area contributed by atoms with Crippen LogP contribution in [-0.4, -0.2) is 17.9 Å². The van der Waals surface area contributed by atoms with Gasteiger partial charge in [-0.1, -0.05) is 30.3 Å². The number of nitrogens with one attached hydrogen (secondary N) is 1. The third kappa shape index (κ3) is 3.30. The first kappa shape index (κ1) is 14.6. The van der Waals surface area contributed by atoms with Gasteiger partial charge in [0.05, 0.1) is 0 Å². The van der Waals surface area contributed by atoms with E-state index in [9.17, 15) is 0 Å². The third-order valence-electron chi connectivity index (χ3n) is 3.68. The number of hydrogen-bond donors (Lipinski definition) is 2. The molecule has 0 saturated carbocycles. The summed E-state index contributed by atoms with van der Waals surface area (Å²) in [7, 11) is 0. The minimum Gasteiger partial charge on any atom is -0.489 e. The summed E-state index contributed by atoms with van der Waals surface area (Å²) >= 11 is 0. The zero-order valence-electron chi connectivity index (χ0n) is 12.5. The van der Waals surface area contributed by atoms with E-state index in [1.165, 1.54) is 0 Å². The molecule has 1 atom stereocenters. The molecule has 0 saturated heterocycles. The molecule has 1 aliphatic rings. The fourth-order valence-electron chi connectivity index (χ4n) is 2.45. The standard InChI is InChI=1S/C18H19NO3/c1-13-16(11-19-20)9-15-10-17(7-8-18(15)22-13)21-12-14-5-3-2-4-6-14/h2-10,13,19-20H,11-12H2,1H3. The van der Waals surface area contributed by atoms with Crippen LogP contribution in [0.1, 0.15) is 18.1 Å². The van der Waals surface area contributed by atoms with Crippen molar-refractivity contribution in [2.24, 2.45) is 0 Å². The SMILES string of the molecule is CC1Oc2ccc(OCc3ccccc3)cc2C=C1CNO. The van der Waals surface area contributed by atoms with Gasteiger partial charge in [-0.15, -0.1) is 0 Å². The zero-order chi connectivity index (χ0) is 15.4. The number of hydrogen-bond acceptors (Lipinski definition) is 4. The minimum absolute atomic E-state index is 0.0526. The highest BCUT2D eigenvalue weighted by atomic mass is 16.5. The van der Waals surface area contributed by atoms with Gasteiger partial charge in [0.15, 0.2) is 0 Å². The van der Waals surface area contributed by atoms with Crippen LogP contribution in [0.15, 0.2) is 54.1 Å². The molecule has 114 valence electrons. The first-order chi connectivity index (χ1) is 10.8. The maximum absolute atomic E-state index is 8.88. The lowest BCUT2D eigenvalue weighted by atomic mass is 10.0. The first-order valence-corrected chi connectivity index (χ1v) is 7.31. The average molecular weight is 297 g/mol. The number of ether oxygens (including phenoxy) is 2. The Kier molecular flexibility index (Phi) is 4.42. The lowest BCUT2D eigenvalue weighted by Crippen LogP contribution is -2.26. The molecule has 0 aromatic heterocycles. The van der Waals surface area contributed by atoms with E-state index in [0.717, 1.165) is 28.2 Å². The molecule has 0 aliphatic carbocycles. The Bertz CT molecular complexity index is 667. The van der Waals surface area contributed by atoms with E-state index in [1.54, 1.807) is 0 Å². The van der Waals surface area contributed by atoms with Gasteiger partial charge < -0.3 is 14.7 Å². The predicted molar refractivity (Wildman–Crippen MR) is 85.1 cm³/mol. The summed E-state index contributed by atoms with van der Waals surface area (Å²) < 4.78 is 11.7. The second kappa shape index (κ2) is 6.64. The summed E-state index contributed by atoms with van der Waals surface area (Å²) in [4.78, 5) is 0. The molecule has 3 rings (SSSR count). The number of rotatable bonds is 5. The quantitative estimate of drug-likeness (QED) is 0.830. The monoisotopic (exact) mass is 297 g/mol. The number of hydroxylamine groups is 1. The van der Waals surface area contributed by atoms with Gasteiger partial charge in [-0.2, -0.15) is 0 Å². The second-order valence-electron chi connectivity index (χ2n) is 5.29. The molecule has 0 spiro atoms. The van der Waals surface area contributed by atoms with E-state index in [1.807, 2.05) is 61.5 Å². The summed E-state index contributed by atoms with van der Waals surface area (Å²) in [6.45, 7) is 2.88. The smallest absolute Gasteiger partial charge is 0.127 e. The van der Waals surface area contributed by atoms with E-state index in [4.69, 9.17) is 14.7 Å². The maximum Gasteiger partial charge on any atom is 0.127 e. The van der Waals surface area contributed by atoms with Crippen molar-refractivity contribution in [3.05, 3.63) is 65.2 Å². The van der Waals surface area contributed by atoms with Gasteiger partial charge >= 0.3 is 0 Å². The van der Waals surface area contributed by atoms with Crippen molar-refractivity contribution in [3.8, 4) is 11.5 Å². The minimum atomic E-state index is -0.0526. The van der Waals surface area contributed by atoms with Gasteiger partial charge in [0.1, 0.15) is 24.2 Å². The van der Waals surface area contributed by atoms with Crippen molar-refractivity contribution in [2.45, 2.75) is 19.6 Å². The Morgan fingerprint density at radius 2 is 2.00 bits per heavy atom. The van der Waals surface area contributed by atoms with Gasteiger partial charge in [-0.25, -0.2) is 5.48 Å². The Hall–Kier alpha value is -2.30. The van der Waals surface area contributed by atoms with Crippen molar-refractivity contribution < 1.29 is 14.7 Å². The van der Waals surface area contributed by atoms with Crippen LogP contribution in [-0.2, 0) is 6.61 Å². The van der Waals surface area contributed by atoms with Crippen LogP contribution in [0.2, 0.25) is 0 Å². The summed E-state index contributed by atoms with van der Waals surface area (Å²) in [5, 5.41) is 8.88. The van der Waals surface area contributed by atoms with Crippen LogP contribution in [0.25, 0.3) is 6.08 Å². The molecule has 4 heteroatoms. The first-order valence-electron chi connectivity index (χ1n) is 7.31. The van der Waals surface area contributed by atoms with Crippen LogP contribution in [0.4, 0.5) is 0 Å². The summed E-state index contributed by atoms with van der Waals surface area (Å²) in [5.41, 5.74) is 5.27. The molecule has 22 heavy (non-hydrogen) atoms.